The lowest BCUT2D eigenvalue weighted by Crippen LogP contribution is -2.48. The predicted octanol–water partition coefficient (Wildman–Crippen LogP) is 2.42. The molecular weight excluding hydrogens is 382 g/mol. The average Bonchev–Trinajstić information content (AvgIpc) is 2.62. The smallest absolute Gasteiger partial charge is 0.271 e. The molecule has 1 N–H and O–H groups in total. The largest absolute Gasteiger partial charge is 0.354 e. The highest BCUT2D eigenvalue weighted by Gasteiger charge is 2.31. The van der Waals surface area contributed by atoms with E-state index in [0.29, 0.717) is 18.5 Å². The van der Waals surface area contributed by atoms with Crippen LogP contribution in [0.2, 0.25) is 0 Å². The number of benzene rings is 2. The van der Waals surface area contributed by atoms with Gasteiger partial charge < -0.3 is 5.32 Å². The van der Waals surface area contributed by atoms with E-state index in [1.165, 1.54) is 25.1 Å². The number of sulfonamides is 1. The molecule has 2 rings (SSSR count). The maximum Gasteiger partial charge on any atom is 0.271 e. The summed E-state index contributed by atoms with van der Waals surface area (Å²) in [7, 11) is -3.85. The molecular formula is C19H23N3O5S. The van der Waals surface area contributed by atoms with Crippen molar-refractivity contribution in [3.05, 3.63) is 69.8 Å². The molecule has 0 bridgehead atoms. The van der Waals surface area contributed by atoms with Gasteiger partial charge in [0.25, 0.3) is 5.69 Å². The van der Waals surface area contributed by atoms with Crippen LogP contribution in [-0.2, 0) is 21.2 Å². The fourth-order valence-electron chi connectivity index (χ4n) is 2.85. The molecule has 0 saturated heterocycles. The zero-order valence-electron chi connectivity index (χ0n) is 16.0. The Morgan fingerprint density at radius 1 is 1.21 bits per heavy atom. The van der Waals surface area contributed by atoms with Crippen molar-refractivity contribution in [2.45, 2.75) is 26.3 Å². The molecule has 0 heterocycles. The monoisotopic (exact) mass is 405 g/mol. The number of carbonyl (C=O) groups is 1. The summed E-state index contributed by atoms with van der Waals surface area (Å²) in [4.78, 5) is 23.0. The lowest BCUT2D eigenvalue weighted by molar-refractivity contribution is -0.384. The van der Waals surface area contributed by atoms with Crippen LogP contribution in [0, 0.1) is 17.0 Å². The van der Waals surface area contributed by atoms with E-state index in [2.05, 4.69) is 5.32 Å². The Bertz CT molecular complexity index is 961. The maximum absolute atomic E-state index is 12.6. The average molecular weight is 405 g/mol. The van der Waals surface area contributed by atoms with Crippen molar-refractivity contribution in [3.8, 4) is 0 Å². The summed E-state index contributed by atoms with van der Waals surface area (Å²) in [6.45, 7) is 3.44. The van der Waals surface area contributed by atoms with Crippen LogP contribution in [0.15, 0.2) is 48.5 Å². The number of amides is 1. The molecule has 0 aliphatic heterocycles. The summed E-state index contributed by atoms with van der Waals surface area (Å²) in [5.74, 6) is -0.479. The van der Waals surface area contributed by atoms with Gasteiger partial charge in [-0.1, -0.05) is 36.4 Å². The third-order valence-corrected chi connectivity index (χ3v) is 5.51. The molecule has 0 aliphatic carbocycles. The van der Waals surface area contributed by atoms with Gasteiger partial charge in [0, 0.05) is 18.7 Å². The van der Waals surface area contributed by atoms with E-state index >= 15 is 0 Å². The number of hydrogen-bond acceptors (Lipinski definition) is 5. The molecule has 2 aromatic rings. The summed E-state index contributed by atoms with van der Waals surface area (Å²) >= 11 is 0. The van der Waals surface area contributed by atoms with Gasteiger partial charge in [-0.25, -0.2) is 8.42 Å². The van der Waals surface area contributed by atoms with E-state index in [0.717, 1.165) is 16.1 Å². The van der Waals surface area contributed by atoms with Crippen LogP contribution in [0.25, 0.3) is 0 Å². The fourth-order valence-corrected chi connectivity index (χ4v) is 4.08. The summed E-state index contributed by atoms with van der Waals surface area (Å²) in [6, 6.07) is 12.4. The molecule has 0 saturated carbocycles. The number of nitrogens with one attached hydrogen (secondary N) is 1. The molecule has 0 unspecified atom stereocenters. The number of aryl methyl sites for hydroxylation is 1. The zero-order chi connectivity index (χ0) is 20.9. The molecule has 1 atom stereocenters. The topological polar surface area (TPSA) is 110 Å². The second kappa shape index (κ2) is 8.83. The van der Waals surface area contributed by atoms with Gasteiger partial charge in [0.05, 0.1) is 16.9 Å². The quantitative estimate of drug-likeness (QED) is 0.536. The first-order valence-electron chi connectivity index (χ1n) is 8.67. The van der Waals surface area contributed by atoms with Crippen molar-refractivity contribution in [1.82, 2.24) is 5.32 Å². The number of nitro benzene ring substituents is 1. The highest BCUT2D eigenvalue weighted by Crippen LogP contribution is 2.29. The van der Waals surface area contributed by atoms with E-state index in [9.17, 15) is 23.3 Å². The van der Waals surface area contributed by atoms with Gasteiger partial charge in [0.15, 0.2) is 0 Å². The van der Waals surface area contributed by atoms with Gasteiger partial charge in [0.2, 0.25) is 15.9 Å². The molecule has 2 aromatic carbocycles. The van der Waals surface area contributed by atoms with E-state index in [4.69, 9.17) is 0 Å². The van der Waals surface area contributed by atoms with Crippen LogP contribution in [0.5, 0.6) is 0 Å². The number of nitro groups is 1. The second-order valence-corrected chi connectivity index (χ2v) is 8.35. The van der Waals surface area contributed by atoms with Crippen molar-refractivity contribution < 1.29 is 18.1 Å². The van der Waals surface area contributed by atoms with Gasteiger partial charge in [-0.05, 0) is 31.4 Å². The van der Waals surface area contributed by atoms with Crippen molar-refractivity contribution >= 4 is 27.3 Å². The Balaban J connectivity index is 2.22. The Morgan fingerprint density at radius 3 is 2.43 bits per heavy atom. The van der Waals surface area contributed by atoms with Crippen LogP contribution in [0.1, 0.15) is 18.1 Å². The second-order valence-electron chi connectivity index (χ2n) is 6.49. The minimum absolute atomic E-state index is 0.113. The Hall–Kier alpha value is -2.94. The van der Waals surface area contributed by atoms with Crippen molar-refractivity contribution in [2.75, 3.05) is 17.1 Å². The van der Waals surface area contributed by atoms with Crippen LogP contribution in [0.4, 0.5) is 11.4 Å². The number of non-ortho nitro benzene ring substituents is 1. The first-order valence-corrected chi connectivity index (χ1v) is 10.5. The predicted molar refractivity (Wildman–Crippen MR) is 108 cm³/mol. The highest BCUT2D eigenvalue weighted by molar-refractivity contribution is 7.92. The number of anilines is 1. The van der Waals surface area contributed by atoms with Gasteiger partial charge in [-0.3, -0.25) is 19.2 Å². The minimum Gasteiger partial charge on any atom is -0.354 e. The summed E-state index contributed by atoms with van der Waals surface area (Å²) in [5.41, 5.74) is 1.43. The Labute approximate surface area is 164 Å². The van der Waals surface area contributed by atoms with Gasteiger partial charge in [0.1, 0.15) is 6.04 Å². The Morgan fingerprint density at radius 2 is 1.86 bits per heavy atom. The Kier molecular flexibility index (Phi) is 6.74. The SMILES string of the molecule is Cc1ccc([N+](=O)[O-])cc1N([C@@H](C)C(=O)NCCc1ccccc1)S(C)(=O)=O. The molecule has 28 heavy (non-hydrogen) atoms. The van der Waals surface area contributed by atoms with Crippen LogP contribution in [0.3, 0.4) is 0 Å². The molecule has 0 aliphatic rings. The van der Waals surface area contributed by atoms with E-state index in [1.807, 2.05) is 30.3 Å². The third kappa shape index (κ3) is 5.29. The standard InChI is InChI=1S/C19H23N3O5S/c1-14-9-10-17(22(24)25)13-18(14)21(28(3,26)27)15(2)19(23)20-12-11-16-7-5-4-6-8-16/h4-10,13,15H,11-12H2,1-3H3,(H,20,23)/t15-/m0/s1. The van der Waals surface area contributed by atoms with Gasteiger partial charge >= 0.3 is 0 Å². The fraction of sp³-hybridized carbons (Fsp3) is 0.316. The van der Waals surface area contributed by atoms with Crippen LogP contribution >= 0.6 is 0 Å². The van der Waals surface area contributed by atoms with Crippen LogP contribution < -0.4 is 9.62 Å². The van der Waals surface area contributed by atoms with E-state index in [1.54, 1.807) is 6.92 Å². The van der Waals surface area contributed by atoms with Crippen molar-refractivity contribution in [2.24, 2.45) is 0 Å². The normalized spacial score (nSPS) is 12.2. The summed E-state index contributed by atoms with van der Waals surface area (Å²) < 4.78 is 25.7. The molecule has 150 valence electrons. The van der Waals surface area contributed by atoms with Crippen molar-refractivity contribution in [3.63, 3.8) is 0 Å². The molecule has 1 amide bonds. The molecule has 0 spiro atoms. The molecule has 0 fully saturated rings. The molecule has 8 nitrogen and oxygen atoms in total. The molecule has 0 radical (unpaired) electrons. The minimum atomic E-state index is -3.85. The summed E-state index contributed by atoms with van der Waals surface area (Å²) in [5, 5.41) is 13.8. The lowest BCUT2D eigenvalue weighted by atomic mass is 10.1. The number of nitrogens with zero attached hydrogens (tertiary/aromatic N) is 2. The summed E-state index contributed by atoms with van der Waals surface area (Å²) in [6.07, 6.45) is 1.58. The van der Waals surface area contributed by atoms with Gasteiger partial charge in [-0.2, -0.15) is 0 Å². The highest BCUT2D eigenvalue weighted by atomic mass is 32.2. The van der Waals surface area contributed by atoms with Gasteiger partial charge in [-0.15, -0.1) is 0 Å². The molecule has 0 aromatic heterocycles. The number of rotatable bonds is 8. The van der Waals surface area contributed by atoms with E-state index < -0.39 is 26.9 Å². The number of carbonyl (C=O) groups excluding carboxylic acids is 1. The van der Waals surface area contributed by atoms with Crippen molar-refractivity contribution in [1.29, 1.82) is 0 Å². The number of hydrogen-bond donors (Lipinski definition) is 1. The van der Waals surface area contributed by atoms with Crippen LogP contribution in [-0.4, -0.2) is 38.1 Å². The molecule has 9 heteroatoms. The zero-order valence-corrected chi connectivity index (χ0v) is 16.8. The first-order chi connectivity index (χ1) is 13.1. The lowest BCUT2D eigenvalue weighted by Gasteiger charge is -2.29. The first kappa shape index (κ1) is 21.4. The third-order valence-electron chi connectivity index (χ3n) is 4.29. The van der Waals surface area contributed by atoms with E-state index in [-0.39, 0.29) is 11.4 Å². The maximum atomic E-state index is 12.6.